The second kappa shape index (κ2) is 7.11. The van der Waals surface area contributed by atoms with E-state index in [4.69, 9.17) is 5.11 Å². The SMILES string of the molecule is CCC1CCC(NC(=O)Nc2cccc(C(=O)O)c2)CC1. The van der Waals surface area contributed by atoms with Crippen LogP contribution in [-0.4, -0.2) is 23.1 Å². The van der Waals surface area contributed by atoms with Gasteiger partial charge in [-0.2, -0.15) is 0 Å². The third kappa shape index (κ3) is 4.48. The molecule has 1 aromatic carbocycles. The first-order valence-electron chi connectivity index (χ1n) is 7.49. The van der Waals surface area contributed by atoms with Gasteiger partial charge in [-0.3, -0.25) is 0 Å². The number of hydrogen-bond donors (Lipinski definition) is 3. The van der Waals surface area contributed by atoms with Crippen LogP contribution < -0.4 is 10.6 Å². The quantitative estimate of drug-likeness (QED) is 0.794. The highest BCUT2D eigenvalue weighted by Crippen LogP contribution is 2.26. The van der Waals surface area contributed by atoms with Gasteiger partial charge in [0.2, 0.25) is 0 Å². The minimum absolute atomic E-state index is 0.163. The number of aromatic carboxylic acids is 1. The zero-order valence-electron chi connectivity index (χ0n) is 12.3. The van der Waals surface area contributed by atoms with E-state index in [-0.39, 0.29) is 17.6 Å². The molecule has 0 radical (unpaired) electrons. The standard InChI is InChI=1S/C16H22N2O3/c1-2-11-6-8-13(9-7-11)17-16(21)18-14-5-3-4-12(10-14)15(19)20/h3-5,10-11,13H,2,6-9H2,1H3,(H,19,20)(H2,17,18,21). The van der Waals surface area contributed by atoms with Crippen LogP contribution in [0.1, 0.15) is 49.4 Å². The number of carbonyl (C=O) groups is 2. The van der Waals surface area contributed by atoms with E-state index in [2.05, 4.69) is 17.6 Å². The van der Waals surface area contributed by atoms with Crippen molar-refractivity contribution in [3.8, 4) is 0 Å². The molecular formula is C16H22N2O3. The molecule has 0 unspecified atom stereocenters. The normalized spacial score (nSPS) is 21.6. The smallest absolute Gasteiger partial charge is 0.335 e. The van der Waals surface area contributed by atoms with Crippen molar-refractivity contribution in [1.82, 2.24) is 5.32 Å². The van der Waals surface area contributed by atoms with Crippen molar-refractivity contribution in [2.45, 2.75) is 45.1 Å². The van der Waals surface area contributed by atoms with Crippen molar-refractivity contribution in [2.75, 3.05) is 5.32 Å². The molecule has 2 amide bonds. The number of carbonyl (C=O) groups excluding carboxylic acids is 1. The third-order valence-corrected chi connectivity index (χ3v) is 4.13. The third-order valence-electron chi connectivity index (χ3n) is 4.13. The van der Waals surface area contributed by atoms with Crippen LogP contribution in [0, 0.1) is 5.92 Å². The molecular weight excluding hydrogens is 268 g/mol. The number of carboxylic acid groups (broad SMARTS) is 1. The van der Waals surface area contributed by atoms with Crippen LogP contribution in [0.15, 0.2) is 24.3 Å². The summed E-state index contributed by atoms with van der Waals surface area (Å²) in [6.07, 6.45) is 5.56. The van der Waals surface area contributed by atoms with Gasteiger partial charge >= 0.3 is 12.0 Å². The Kier molecular flexibility index (Phi) is 5.20. The molecule has 5 nitrogen and oxygen atoms in total. The van der Waals surface area contributed by atoms with Gasteiger partial charge in [0, 0.05) is 11.7 Å². The summed E-state index contributed by atoms with van der Waals surface area (Å²) in [7, 11) is 0. The van der Waals surface area contributed by atoms with Gasteiger partial charge in [0.25, 0.3) is 0 Å². The summed E-state index contributed by atoms with van der Waals surface area (Å²) in [4.78, 5) is 22.8. The number of benzene rings is 1. The van der Waals surface area contributed by atoms with Crippen LogP contribution in [-0.2, 0) is 0 Å². The lowest BCUT2D eigenvalue weighted by Crippen LogP contribution is -2.40. The Balaban J connectivity index is 1.85. The highest BCUT2D eigenvalue weighted by Gasteiger charge is 2.21. The number of rotatable bonds is 4. The number of hydrogen-bond acceptors (Lipinski definition) is 2. The van der Waals surface area contributed by atoms with Crippen LogP contribution >= 0.6 is 0 Å². The molecule has 0 heterocycles. The Morgan fingerprint density at radius 1 is 1.24 bits per heavy atom. The van der Waals surface area contributed by atoms with Crippen molar-refractivity contribution >= 4 is 17.7 Å². The van der Waals surface area contributed by atoms with E-state index in [9.17, 15) is 9.59 Å². The van der Waals surface area contributed by atoms with Crippen LogP contribution in [0.2, 0.25) is 0 Å². The maximum absolute atomic E-state index is 11.9. The van der Waals surface area contributed by atoms with E-state index in [1.807, 2.05) is 0 Å². The van der Waals surface area contributed by atoms with Crippen molar-refractivity contribution in [3.63, 3.8) is 0 Å². The topological polar surface area (TPSA) is 78.4 Å². The van der Waals surface area contributed by atoms with Gasteiger partial charge in [-0.15, -0.1) is 0 Å². The molecule has 0 spiro atoms. The second-order valence-corrected chi connectivity index (χ2v) is 5.61. The highest BCUT2D eigenvalue weighted by atomic mass is 16.4. The summed E-state index contributed by atoms with van der Waals surface area (Å²) in [5, 5.41) is 14.6. The summed E-state index contributed by atoms with van der Waals surface area (Å²) in [6, 6.07) is 6.20. The van der Waals surface area contributed by atoms with Crippen molar-refractivity contribution in [1.29, 1.82) is 0 Å². The molecule has 0 saturated heterocycles. The lowest BCUT2D eigenvalue weighted by atomic mass is 9.85. The molecule has 21 heavy (non-hydrogen) atoms. The Bertz CT molecular complexity index is 508. The minimum atomic E-state index is -1.00. The van der Waals surface area contributed by atoms with Gasteiger partial charge in [-0.25, -0.2) is 9.59 Å². The number of amides is 2. The molecule has 5 heteroatoms. The highest BCUT2D eigenvalue weighted by molar-refractivity contribution is 5.93. The fraction of sp³-hybridized carbons (Fsp3) is 0.500. The van der Waals surface area contributed by atoms with Crippen molar-refractivity contribution < 1.29 is 14.7 Å². The van der Waals surface area contributed by atoms with E-state index < -0.39 is 5.97 Å². The van der Waals surface area contributed by atoms with Gasteiger partial charge in [-0.05, 0) is 49.8 Å². The summed E-state index contributed by atoms with van der Waals surface area (Å²) < 4.78 is 0. The number of anilines is 1. The first-order chi connectivity index (χ1) is 10.1. The Morgan fingerprint density at radius 3 is 2.57 bits per heavy atom. The van der Waals surface area contributed by atoms with Crippen LogP contribution in [0.5, 0.6) is 0 Å². The molecule has 1 aromatic rings. The number of carboxylic acids is 1. The monoisotopic (exact) mass is 290 g/mol. The molecule has 3 N–H and O–H groups in total. The molecule has 114 valence electrons. The first-order valence-corrected chi connectivity index (χ1v) is 7.49. The zero-order valence-corrected chi connectivity index (χ0v) is 12.3. The van der Waals surface area contributed by atoms with Gasteiger partial charge in [-0.1, -0.05) is 19.4 Å². The van der Waals surface area contributed by atoms with Gasteiger partial charge in [0.1, 0.15) is 0 Å². The summed E-state index contributed by atoms with van der Waals surface area (Å²) >= 11 is 0. The Hall–Kier alpha value is -2.04. The lowest BCUT2D eigenvalue weighted by molar-refractivity contribution is 0.0697. The lowest BCUT2D eigenvalue weighted by Gasteiger charge is -2.28. The second-order valence-electron chi connectivity index (χ2n) is 5.61. The van der Waals surface area contributed by atoms with Crippen molar-refractivity contribution in [2.24, 2.45) is 5.92 Å². The molecule has 2 rings (SSSR count). The molecule has 1 aliphatic carbocycles. The van der Waals surface area contributed by atoms with Gasteiger partial charge in [0.05, 0.1) is 5.56 Å². The Morgan fingerprint density at radius 2 is 1.95 bits per heavy atom. The van der Waals surface area contributed by atoms with Gasteiger partial charge in [0.15, 0.2) is 0 Å². The van der Waals surface area contributed by atoms with E-state index >= 15 is 0 Å². The summed E-state index contributed by atoms with van der Waals surface area (Å²) in [5.41, 5.74) is 0.658. The summed E-state index contributed by atoms with van der Waals surface area (Å²) in [6.45, 7) is 2.21. The van der Waals surface area contributed by atoms with Crippen LogP contribution in [0.25, 0.3) is 0 Å². The van der Waals surface area contributed by atoms with E-state index in [0.717, 1.165) is 31.6 Å². The Labute approximate surface area is 124 Å². The molecule has 1 saturated carbocycles. The average molecular weight is 290 g/mol. The molecule has 0 aromatic heterocycles. The molecule has 0 aliphatic heterocycles. The predicted molar refractivity (Wildman–Crippen MR) is 81.6 cm³/mol. The van der Waals surface area contributed by atoms with Crippen LogP contribution in [0.3, 0.4) is 0 Å². The van der Waals surface area contributed by atoms with Crippen LogP contribution in [0.4, 0.5) is 10.5 Å². The maximum Gasteiger partial charge on any atom is 0.335 e. The maximum atomic E-state index is 11.9. The van der Waals surface area contributed by atoms with E-state index in [1.165, 1.54) is 18.6 Å². The largest absolute Gasteiger partial charge is 0.478 e. The summed E-state index contributed by atoms with van der Waals surface area (Å²) in [5.74, 6) is -0.213. The minimum Gasteiger partial charge on any atom is -0.478 e. The average Bonchev–Trinajstić information content (AvgIpc) is 2.48. The molecule has 0 bridgehead atoms. The predicted octanol–water partition coefficient (Wildman–Crippen LogP) is 3.48. The molecule has 0 atom stereocenters. The fourth-order valence-corrected chi connectivity index (χ4v) is 2.80. The molecule has 1 fully saturated rings. The number of urea groups is 1. The van der Waals surface area contributed by atoms with Gasteiger partial charge < -0.3 is 15.7 Å². The number of nitrogens with one attached hydrogen (secondary N) is 2. The first kappa shape index (κ1) is 15.4. The fourth-order valence-electron chi connectivity index (χ4n) is 2.80. The zero-order chi connectivity index (χ0) is 15.2. The van der Waals surface area contributed by atoms with Crippen molar-refractivity contribution in [3.05, 3.63) is 29.8 Å². The van der Waals surface area contributed by atoms with E-state index in [0.29, 0.717) is 5.69 Å². The van der Waals surface area contributed by atoms with E-state index in [1.54, 1.807) is 12.1 Å². The molecule has 1 aliphatic rings.